The van der Waals surface area contributed by atoms with Gasteiger partial charge < -0.3 is 11.1 Å². The van der Waals surface area contributed by atoms with E-state index < -0.39 is 0 Å². The minimum Gasteiger partial charge on any atom is -0.399 e. The molecule has 26 heavy (non-hydrogen) atoms. The van der Waals surface area contributed by atoms with Gasteiger partial charge in [0, 0.05) is 49.9 Å². The van der Waals surface area contributed by atoms with E-state index in [0.29, 0.717) is 0 Å². The van der Waals surface area contributed by atoms with E-state index in [1.165, 1.54) is 0 Å². The molecule has 0 spiro atoms. The van der Waals surface area contributed by atoms with Crippen LogP contribution in [0.25, 0.3) is 0 Å². The van der Waals surface area contributed by atoms with Gasteiger partial charge in [-0.25, -0.2) is 0 Å². The van der Waals surface area contributed by atoms with Gasteiger partial charge in [-0.05, 0) is 55.0 Å². The number of benzene rings is 1. The van der Waals surface area contributed by atoms with E-state index >= 15 is 0 Å². The monoisotopic (exact) mass is 347 g/mol. The molecule has 5 heteroatoms. The van der Waals surface area contributed by atoms with E-state index in [9.17, 15) is 0 Å². The van der Waals surface area contributed by atoms with Crippen molar-refractivity contribution in [2.75, 3.05) is 24.1 Å². The first-order valence-electron chi connectivity index (χ1n) is 8.83. The molecule has 1 aromatic carbocycles. The average molecular weight is 347 g/mol. The molecule has 0 amide bonds. The summed E-state index contributed by atoms with van der Waals surface area (Å²) in [6.07, 6.45) is 3.67. The van der Waals surface area contributed by atoms with E-state index in [4.69, 9.17) is 5.73 Å². The summed E-state index contributed by atoms with van der Waals surface area (Å²) in [5.41, 5.74) is 11.0. The molecule has 134 valence electrons. The van der Waals surface area contributed by atoms with E-state index in [1.807, 2.05) is 55.7 Å². The molecule has 0 unspecified atom stereocenters. The van der Waals surface area contributed by atoms with Crippen molar-refractivity contribution in [1.82, 2.24) is 14.9 Å². The lowest BCUT2D eigenvalue weighted by atomic mass is 10.2. The Morgan fingerprint density at radius 3 is 2.12 bits per heavy atom. The smallest absolute Gasteiger partial charge is 0.0544 e. The van der Waals surface area contributed by atoms with E-state index in [-0.39, 0.29) is 0 Å². The highest BCUT2D eigenvalue weighted by atomic mass is 15.1. The van der Waals surface area contributed by atoms with Gasteiger partial charge in [0.25, 0.3) is 0 Å². The van der Waals surface area contributed by atoms with Crippen molar-refractivity contribution in [2.24, 2.45) is 0 Å². The lowest BCUT2D eigenvalue weighted by molar-refractivity contribution is 0.261. The molecular formula is C21H25N5. The number of aryl methyl sites for hydroxylation is 1. The maximum absolute atomic E-state index is 5.89. The number of rotatable bonds is 8. The number of pyridine rings is 2. The van der Waals surface area contributed by atoms with Gasteiger partial charge in [-0.3, -0.25) is 14.9 Å². The van der Waals surface area contributed by atoms with Crippen molar-refractivity contribution in [2.45, 2.75) is 20.0 Å². The van der Waals surface area contributed by atoms with Crippen LogP contribution in [-0.2, 0) is 13.1 Å². The fraction of sp³-hybridized carbons (Fsp3) is 0.238. The highest BCUT2D eigenvalue weighted by Crippen LogP contribution is 2.16. The molecule has 5 nitrogen and oxygen atoms in total. The maximum Gasteiger partial charge on any atom is 0.0544 e. The lowest BCUT2D eigenvalue weighted by Gasteiger charge is -2.22. The normalized spacial score (nSPS) is 10.8. The van der Waals surface area contributed by atoms with Crippen LogP contribution in [-0.4, -0.2) is 28.0 Å². The SMILES string of the molecule is Cc1cc(NCCN(Cc2ccccn2)Cc2ccccn2)ccc1N. The molecule has 2 heterocycles. The van der Waals surface area contributed by atoms with Gasteiger partial charge in [0.15, 0.2) is 0 Å². The van der Waals surface area contributed by atoms with E-state index in [2.05, 4.69) is 38.4 Å². The maximum atomic E-state index is 5.89. The van der Waals surface area contributed by atoms with Gasteiger partial charge in [0.2, 0.25) is 0 Å². The number of nitrogens with one attached hydrogen (secondary N) is 1. The van der Waals surface area contributed by atoms with Gasteiger partial charge in [0.05, 0.1) is 11.4 Å². The molecule has 3 aromatic rings. The summed E-state index contributed by atoms with van der Waals surface area (Å²) in [5.74, 6) is 0. The molecule has 0 aliphatic carbocycles. The van der Waals surface area contributed by atoms with Crippen LogP contribution >= 0.6 is 0 Å². The molecule has 3 N–H and O–H groups in total. The number of hydrogen-bond donors (Lipinski definition) is 2. The van der Waals surface area contributed by atoms with E-state index in [0.717, 1.165) is 54.5 Å². The fourth-order valence-corrected chi connectivity index (χ4v) is 2.80. The number of nitrogens with zero attached hydrogens (tertiary/aromatic N) is 3. The third kappa shape index (κ3) is 5.29. The van der Waals surface area contributed by atoms with Gasteiger partial charge in [-0.15, -0.1) is 0 Å². The van der Waals surface area contributed by atoms with Crippen molar-refractivity contribution >= 4 is 11.4 Å². The molecule has 0 fully saturated rings. The zero-order valence-corrected chi connectivity index (χ0v) is 15.1. The summed E-state index contributed by atoms with van der Waals surface area (Å²) >= 11 is 0. The van der Waals surface area contributed by atoms with Crippen LogP contribution < -0.4 is 11.1 Å². The average Bonchev–Trinajstić information content (AvgIpc) is 2.66. The van der Waals surface area contributed by atoms with Gasteiger partial charge >= 0.3 is 0 Å². The predicted octanol–water partition coefficient (Wildman–Crippen LogP) is 3.48. The highest BCUT2D eigenvalue weighted by molar-refractivity contribution is 5.56. The Morgan fingerprint density at radius 1 is 0.923 bits per heavy atom. The second-order valence-corrected chi connectivity index (χ2v) is 6.35. The van der Waals surface area contributed by atoms with Crippen LogP contribution in [0.2, 0.25) is 0 Å². The predicted molar refractivity (Wildman–Crippen MR) is 107 cm³/mol. The first-order chi connectivity index (χ1) is 12.7. The number of hydrogen-bond acceptors (Lipinski definition) is 5. The first-order valence-corrected chi connectivity index (χ1v) is 8.83. The first kappa shape index (κ1) is 17.9. The summed E-state index contributed by atoms with van der Waals surface area (Å²) in [7, 11) is 0. The standard InChI is InChI=1S/C21H25N5/c1-17-14-18(8-9-21(17)22)25-12-13-26(15-19-6-2-4-10-23-19)16-20-7-3-5-11-24-20/h2-11,14,25H,12-13,15-16,22H2,1H3. The Bertz CT molecular complexity index is 764. The van der Waals surface area contributed by atoms with Crippen molar-refractivity contribution < 1.29 is 0 Å². The Labute approximate surface area is 154 Å². The lowest BCUT2D eigenvalue weighted by Crippen LogP contribution is -2.29. The second kappa shape index (κ2) is 8.97. The molecule has 3 rings (SSSR count). The van der Waals surface area contributed by atoms with Crippen molar-refractivity contribution in [3.63, 3.8) is 0 Å². The number of aromatic nitrogens is 2. The Morgan fingerprint density at radius 2 is 1.58 bits per heavy atom. The molecule has 0 atom stereocenters. The molecule has 0 aliphatic heterocycles. The molecular weight excluding hydrogens is 322 g/mol. The van der Waals surface area contributed by atoms with Gasteiger partial charge in [-0.2, -0.15) is 0 Å². The minimum absolute atomic E-state index is 0.792. The largest absolute Gasteiger partial charge is 0.399 e. The Balaban J connectivity index is 1.61. The van der Waals surface area contributed by atoms with Crippen molar-refractivity contribution in [3.05, 3.63) is 83.9 Å². The zero-order chi connectivity index (χ0) is 18.2. The highest BCUT2D eigenvalue weighted by Gasteiger charge is 2.09. The summed E-state index contributed by atoms with van der Waals surface area (Å²) in [5, 5.41) is 3.48. The van der Waals surface area contributed by atoms with Crippen LogP contribution in [0.5, 0.6) is 0 Å². The molecule has 0 saturated carbocycles. The number of nitrogens with two attached hydrogens (primary N) is 1. The summed E-state index contributed by atoms with van der Waals surface area (Å²) in [4.78, 5) is 11.3. The second-order valence-electron chi connectivity index (χ2n) is 6.35. The quantitative estimate of drug-likeness (QED) is 0.611. The van der Waals surface area contributed by atoms with Crippen LogP contribution in [0.1, 0.15) is 17.0 Å². The minimum atomic E-state index is 0.792. The van der Waals surface area contributed by atoms with Gasteiger partial charge in [0.1, 0.15) is 0 Å². The molecule has 0 aliphatic rings. The molecule has 0 saturated heterocycles. The van der Waals surface area contributed by atoms with Crippen molar-refractivity contribution in [3.8, 4) is 0 Å². The van der Waals surface area contributed by atoms with Crippen LogP contribution in [0, 0.1) is 6.92 Å². The summed E-state index contributed by atoms with van der Waals surface area (Å²) < 4.78 is 0. The molecule has 0 bridgehead atoms. The Kier molecular flexibility index (Phi) is 6.17. The molecule has 2 aromatic heterocycles. The third-order valence-electron chi connectivity index (χ3n) is 4.25. The van der Waals surface area contributed by atoms with E-state index in [1.54, 1.807) is 0 Å². The Hall–Kier alpha value is -2.92. The zero-order valence-electron chi connectivity index (χ0n) is 15.1. The summed E-state index contributed by atoms with van der Waals surface area (Å²) in [6.45, 7) is 5.33. The molecule has 0 radical (unpaired) electrons. The number of anilines is 2. The van der Waals surface area contributed by atoms with Crippen molar-refractivity contribution in [1.29, 1.82) is 0 Å². The van der Waals surface area contributed by atoms with Crippen LogP contribution in [0.3, 0.4) is 0 Å². The van der Waals surface area contributed by atoms with Gasteiger partial charge in [-0.1, -0.05) is 12.1 Å². The third-order valence-corrected chi connectivity index (χ3v) is 4.25. The fourth-order valence-electron chi connectivity index (χ4n) is 2.80. The van der Waals surface area contributed by atoms with Crippen LogP contribution in [0.15, 0.2) is 67.0 Å². The topological polar surface area (TPSA) is 67.1 Å². The van der Waals surface area contributed by atoms with Crippen LogP contribution in [0.4, 0.5) is 11.4 Å². The summed E-state index contributed by atoms with van der Waals surface area (Å²) in [6, 6.07) is 18.1. The number of nitrogen functional groups attached to an aromatic ring is 1.